The van der Waals surface area contributed by atoms with Gasteiger partial charge in [-0.05, 0) is 40.5 Å². The van der Waals surface area contributed by atoms with Crippen LogP contribution in [0.1, 0.15) is 11.1 Å². The van der Waals surface area contributed by atoms with E-state index in [1.165, 1.54) is 44.8 Å². The molecule has 2 nitrogen and oxygen atoms in total. The fraction of sp³-hybridized carbons (Fsp3) is 0.100. The average Bonchev–Trinajstić information content (AvgIpc) is 2.60. The van der Waals surface area contributed by atoms with Gasteiger partial charge in [0.2, 0.25) is 0 Å². The summed E-state index contributed by atoms with van der Waals surface area (Å²) >= 11 is 0. The van der Waals surface area contributed by atoms with Gasteiger partial charge < -0.3 is 10.6 Å². The Hall–Kier alpha value is -2.74. The summed E-state index contributed by atoms with van der Waals surface area (Å²) in [6.07, 6.45) is 0. The van der Waals surface area contributed by atoms with Crippen molar-refractivity contribution in [2.24, 2.45) is 0 Å². The van der Waals surface area contributed by atoms with E-state index in [0.717, 1.165) is 13.1 Å². The van der Waals surface area contributed by atoms with Gasteiger partial charge in [-0.3, -0.25) is 0 Å². The zero-order valence-electron chi connectivity index (χ0n) is 12.2. The predicted octanol–water partition coefficient (Wildman–Crippen LogP) is 4.87. The summed E-state index contributed by atoms with van der Waals surface area (Å²) in [6.45, 7) is 1.80. The van der Waals surface area contributed by atoms with E-state index < -0.39 is 0 Å². The van der Waals surface area contributed by atoms with Crippen molar-refractivity contribution in [3.05, 3.63) is 71.8 Å². The molecule has 5 rings (SSSR count). The molecule has 2 aliphatic heterocycles. The van der Waals surface area contributed by atoms with Crippen molar-refractivity contribution in [2.75, 3.05) is 10.6 Å². The SMILES string of the molecule is c1ccc2c(c1)CNc1cc3c(cc1-2)CNc1ccccc1-3. The van der Waals surface area contributed by atoms with Gasteiger partial charge in [-0.25, -0.2) is 0 Å². The normalized spacial score (nSPS) is 13.8. The number of nitrogens with one attached hydrogen (secondary N) is 2. The number of fused-ring (bicyclic) bond motifs is 6. The van der Waals surface area contributed by atoms with Gasteiger partial charge in [-0.2, -0.15) is 0 Å². The molecule has 0 saturated carbocycles. The van der Waals surface area contributed by atoms with Gasteiger partial charge in [-0.15, -0.1) is 0 Å². The van der Waals surface area contributed by atoms with E-state index in [9.17, 15) is 0 Å². The molecule has 0 amide bonds. The number of anilines is 2. The standard InChI is InChI=1S/C20H16N2/c1-2-6-15-13(5-1)11-22-20-10-17-14(9-18(15)20)12-21-19-8-4-3-7-16(17)19/h1-10,21-22H,11-12H2. The van der Waals surface area contributed by atoms with Crippen LogP contribution in [0, 0.1) is 0 Å². The summed E-state index contributed by atoms with van der Waals surface area (Å²) in [5.41, 5.74) is 10.5. The zero-order chi connectivity index (χ0) is 14.5. The number of hydrogen-bond donors (Lipinski definition) is 2. The predicted molar refractivity (Wildman–Crippen MR) is 92.0 cm³/mol. The fourth-order valence-electron chi connectivity index (χ4n) is 3.60. The monoisotopic (exact) mass is 284 g/mol. The molecule has 0 atom stereocenters. The summed E-state index contributed by atoms with van der Waals surface area (Å²) in [5, 5.41) is 7.11. The molecule has 0 aliphatic carbocycles. The highest BCUT2D eigenvalue weighted by Crippen LogP contribution is 2.43. The van der Waals surface area contributed by atoms with Crippen LogP contribution in [0.15, 0.2) is 60.7 Å². The smallest absolute Gasteiger partial charge is 0.0429 e. The highest BCUT2D eigenvalue weighted by atomic mass is 14.9. The van der Waals surface area contributed by atoms with Crippen LogP contribution >= 0.6 is 0 Å². The molecule has 0 fully saturated rings. The molecule has 3 aromatic carbocycles. The average molecular weight is 284 g/mol. The minimum Gasteiger partial charge on any atom is -0.380 e. The van der Waals surface area contributed by atoms with Gasteiger partial charge in [0.15, 0.2) is 0 Å². The fourth-order valence-corrected chi connectivity index (χ4v) is 3.60. The Balaban J connectivity index is 1.76. The molecule has 2 N–H and O–H groups in total. The molecule has 22 heavy (non-hydrogen) atoms. The number of para-hydroxylation sites is 1. The van der Waals surface area contributed by atoms with Crippen molar-refractivity contribution in [2.45, 2.75) is 13.1 Å². The summed E-state index contributed by atoms with van der Waals surface area (Å²) in [7, 11) is 0. The molecule has 0 bridgehead atoms. The van der Waals surface area contributed by atoms with E-state index in [0.29, 0.717) is 0 Å². The molecule has 2 heteroatoms. The quantitative estimate of drug-likeness (QED) is 0.615. The third kappa shape index (κ3) is 1.61. The lowest BCUT2D eigenvalue weighted by atomic mass is 9.87. The van der Waals surface area contributed by atoms with Gasteiger partial charge in [0.25, 0.3) is 0 Å². The lowest BCUT2D eigenvalue weighted by Gasteiger charge is -2.27. The highest BCUT2D eigenvalue weighted by Gasteiger charge is 2.21. The lowest BCUT2D eigenvalue weighted by molar-refractivity contribution is 1.10. The molecule has 0 unspecified atom stereocenters. The number of hydrogen-bond acceptors (Lipinski definition) is 2. The molecule has 2 aliphatic rings. The van der Waals surface area contributed by atoms with E-state index in [2.05, 4.69) is 71.3 Å². The van der Waals surface area contributed by atoms with Gasteiger partial charge >= 0.3 is 0 Å². The van der Waals surface area contributed by atoms with Crippen LogP contribution in [-0.4, -0.2) is 0 Å². The Morgan fingerprint density at radius 3 is 2.23 bits per heavy atom. The van der Waals surface area contributed by atoms with Crippen LogP contribution in [0.3, 0.4) is 0 Å². The van der Waals surface area contributed by atoms with Crippen LogP contribution in [0.2, 0.25) is 0 Å². The van der Waals surface area contributed by atoms with E-state index in [-0.39, 0.29) is 0 Å². The van der Waals surface area contributed by atoms with Crippen molar-refractivity contribution < 1.29 is 0 Å². The van der Waals surface area contributed by atoms with E-state index in [4.69, 9.17) is 0 Å². The molecule has 106 valence electrons. The molecule has 3 aromatic rings. The minimum absolute atomic E-state index is 0.891. The van der Waals surface area contributed by atoms with E-state index in [1.807, 2.05) is 0 Å². The Labute approximate surface area is 129 Å². The molecule has 0 radical (unpaired) electrons. The first-order valence-electron chi connectivity index (χ1n) is 7.72. The topological polar surface area (TPSA) is 24.1 Å². The summed E-state index contributed by atoms with van der Waals surface area (Å²) in [4.78, 5) is 0. The second kappa shape index (κ2) is 4.38. The van der Waals surface area contributed by atoms with Crippen molar-refractivity contribution in [1.29, 1.82) is 0 Å². The van der Waals surface area contributed by atoms with Crippen LogP contribution in [0.4, 0.5) is 11.4 Å². The van der Waals surface area contributed by atoms with E-state index in [1.54, 1.807) is 0 Å². The van der Waals surface area contributed by atoms with E-state index >= 15 is 0 Å². The first-order valence-corrected chi connectivity index (χ1v) is 7.72. The van der Waals surface area contributed by atoms with Crippen molar-refractivity contribution in [3.8, 4) is 22.3 Å². The molecular weight excluding hydrogens is 268 g/mol. The summed E-state index contributed by atoms with van der Waals surface area (Å²) < 4.78 is 0. The second-order valence-electron chi connectivity index (χ2n) is 5.96. The molecular formula is C20H16N2. The maximum absolute atomic E-state index is 3.58. The van der Waals surface area contributed by atoms with Gasteiger partial charge in [0.05, 0.1) is 0 Å². The van der Waals surface area contributed by atoms with Gasteiger partial charge in [-0.1, -0.05) is 42.5 Å². The second-order valence-corrected chi connectivity index (χ2v) is 5.96. The van der Waals surface area contributed by atoms with Crippen LogP contribution in [0.25, 0.3) is 22.3 Å². The Morgan fingerprint density at radius 1 is 0.545 bits per heavy atom. The first kappa shape index (κ1) is 11.9. The maximum Gasteiger partial charge on any atom is 0.0429 e. The molecule has 0 spiro atoms. The van der Waals surface area contributed by atoms with Gasteiger partial charge in [0, 0.05) is 35.6 Å². The Bertz CT molecular complexity index is 821. The van der Waals surface area contributed by atoms with Crippen molar-refractivity contribution in [1.82, 2.24) is 0 Å². The summed E-state index contributed by atoms with van der Waals surface area (Å²) in [6, 6.07) is 21.9. The van der Waals surface area contributed by atoms with Crippen molar-refractivity contribution >= 4 is 11.4 Å². The number of benzene rings is 3. The largest absolute Gasteiger partial charge is 0.380 e. The van der Waals surface area contributed by atoms with Crippen LogP contribution in [0.5, 0.6) is 0 Å². The summed E-state index contributed by atoms with van der Waals surface area (Å²) in [5.74, 6) is 0. The number of rotatable bonds is 0. The zero-order valence-corrected chi connectivity index (χ0v) is 12.2. The van der Waals surface area contributed by atoms with Gasteiger partial charge in [0.1, 0.15) is 0 Å². The first-order chi connectivity index (χ1) is 10.9. The third-order valence-corrected chi connectivity index (χ3v) is 4.71. The molecule has 0 saturated heterocycles. The van der Waals surface area contributed by atoms with Crippen LogP contribution in [-0.2, 0) is 13.1 Å². The molecule has 2 heterocycles. The minimum atomic E-state index is 0.891. The lowest BCUT2D eigenvalue weighted by Crippen LogP contribution is -2.13. The molecule has 0 aromatic heterocycles. The maximum atomic E-state index is 3.58. The third-order valence-electron chi connectivity index (χ3n) is 4.71. The highest BCUT2D eigenvalue weighted by molar-refractivity contribution is 5.91. The van der Waals surface area contributed by atoms with Crippen molar-refractivity contribution in [3.63, 3.8) is 0 Å². The Morgan fingerprint density at radius 2 is 1.27 bits per heavy atom. The van der Waals surface area contributed by atoms with Crippen LogP contribution < -0.4 is 10.6 Å². The Kier molecular flexibility index (Phi) is 2.36.